The van der Waals surface area contributed by atoms with Crippen molar-refractivity contribution in [3.05, 3.63) is 12.2 Å². The maximum absolute atomic E-state index is 12.0. The third-order valence-electron chi connectivity index (χ3n) is 5.26. The molecule has 102 valence electrons. The smallest absolute Gasteiger partial charge is 0.254 e. The summed E-state index contributed by atoms with van der Waals surface area (Å²) >= 11 is 0. The van der Waals surface area contributed by atoms with Gasteiger partial charge in [-0.2, -0.15) is 0 Å². The highest BCUT2D eigenvalue weighted by atomic mass is 16.3. The van der Waals surface area contributed by atoms with Gasteiger partial charge in [0, 0.05) is 31.4 Å². The minimum absolute atomic E-state index is 0.201. The Bertz CT molecular complexity index is 490. The Kier molecular flexibility index (Phi) is 1.89. The van der Waals surface area contributed by atoms with E-state index in [4.69, 9.17) is 0 Å². The van der Waals surface area contributed by atoms with Crippen molar-refractivity contribution in [3.8, 4) is 0 Å². The number of amides is 2. The molecule has 0 saturated heterocycles. The molecule has 2 unspecified atom stereocenters. The van der Waals surface area contributed by atoms with E-state index in [2.05, 4.69) is 0 Å². The molecule has 5 heteroatoms. The fraction of sp³-hybridized carbons (Fsp3) is 0.714. The first-order valence-corrected chi connectivity index (χ1v) is 6.84. The number of hydrogen-bond acceptors (Lipinski definition) is 4. The van der Waals surface area contributed by atoms with E-state index in [9.17, 15) is 19.8 Å². The summed E-state index contributed by atoms with van der Waals surface area (Å²) in [4.78, 5) is 25.2. The molecule has 0 aromatic heterocycles. The van der Waals surface area contributed by atoms with E-state index in [1.165, 1.54) is 17.1 Å². The van der Waals surface area contributed by atoms with Crippen LogP contribution in [0.15, 0.2) is 12.2 Å². The first kappa shape index (κ1) is 11.6. The second kappa shape index (κ2) is 3.10. The first-order valence-electron chi connectivity index (χ1n) is 6.84. The fourth-order valence-electron chi connectivity index (χ4n) is 5.40. The summed E-state index contributed by atoms with van der Waals surface area (Å²) in [6, 6.07) is 0. The third-order valence-corrected chi connectivity index (χ3v) is 5.26. The van der Waals surface area contributed by atoms with Crippen molar-refractivity contribution in [3.63, 3.8) is 0 Å². The Labute approximate surface area is 110 Å². The van der Waals surface area contributed by atoms with Gasteiger partial charge in [-0.1, -0.05) is 0 Å². The molecular weight excluding hydrogens is 246 g/mol. The van der Waals surface area contributed by atoms with Crippen LogP contribution in [-0.4, -0.2) is 43.7 Å². The van der Waals surface area contributed by atoms with Crippen molar-refractivity contribution < 1.29 is 19.8 Å². The molecule has 1 heterocycles. The normalized spacial score (nSPS) is 51.5. The molecule has 2 N–H and O–H groups in total. The number of rotatable bonds is 1. The van der Waals surface area contributed by atoms with Crippen LogP contribution in [0.5, 0.6) is 0 Å². The lowest BCUT2D eigenvalue weighted by Gasteiger charge is -2.64. The zero-order valence-electron chi connectivity index (χ0n) is 10.6. The quantitative estimate of drug-likeness (QED) is 0.658. The molecule has 0 radical (unpaired) electrons. The summed E-state index contributed by atoms with van der Waals surface area (Å²) in [5.41, 5.74) is -2.52. The lowest BCUT2D eigenvalue weighted by Crippen LogP contribution is -2.71. The van der Waals surface area contributed by atoms with Gasteiger partial charge in [-0.3, -0.25) is 14.5 Å². The molecule has 5 aliphatic rings. The monoisotopic (exact) mass is 263 g/mol. The second-order valence-corrected chi connectivity index (χ2v) is 7.03. The van der Waals surface area contributed by atoms with Crippen LogP contribution in [0.1, 0.15) is 38.5 Å². The molecule has 5 nitrogen and oxygen atoms in total. The molecule has 4 fully saturated rings. The molecule has 5 rings (SSSR count). The fourth-order valence-corrected chi connectivity index (χ4v) is 5.40. The van der Waals surface area contributed by atoms with Crippen LogP contribution < -0.4 is 0 Å². The molecule has 2 amide bonds. The van der Waals surface area contributed by atoms with Gasteiger partial charge in [0.1, 0.15) is 0 Å². The van der Waals surface area contributed by atoms with Gasteiger partial charge < -0.3 is 10.2 Å². The number of carbonyl (C=O) groups excluding carboxylic acids is 2. The van der Waals surface area contributed by atoms with Gasteiger partial charge in [0.15, 0.2) is 0 Å². The first-order chi connectivity index (χ1) is 8.83. The van der Waals surface area contributed by atoms with Crippen LogP contribution in [0.3, 0.4) is 0 Å². The van der Waals surface area contributed by atoms with Gasteiger partial charge in [0.25, 0.3) is 11.8 Å². The van der Waals surface area contributed by atoms with Gasteiger partial charge in [-0.05, 0) is 25.2 Å². The SMILES string of the molecule is O=C1C=CC(=O)N1C12CC3CC(O)(CC(O)(C3)C1)C2. The van der Waals surface area contributed by atoms with Crippen molar-refractivity contribution in [1.29, 1.82) is 0 Å². The van der Waals surface area contributed by atoms with E-state index >= 15 is 0 Å². The maximum atomic E-state index is 12.0. The summed E-state index contributed by atoms with van der Waals surface area (Å²) in [6.07, 6.45) is 5.86. The third kappa shape index (κ3) is 1.43. The van der Waals surface area contributed by atoms with E-state index < -0.39 is 16.7 Å². The van der Waals surface area contributed by atoms with Crippen LogP contribution in [0.4, 0.5) is 0 Å². The molecule has 0 aromatic rings. The Morgan fingerprint density at radius 1 is 0.947 bits per heavy atom. The van der Waals surface area contributed by atoms with Crippen molar-refractivity contribution in [2.75, 3.05) is 0 Å². The highest BCUT2D eigenvalue weighted by molar-refractivity contribution is 6.13. The maximum Gasteiger partial charge on any atom is 0.254 e. The molecule has 4 bridgehead atoms. The molecule has 19 heavy (non-hydrogen) atoms. The average molecular weight is 263 g/mol. The van der Waals surface area contributed by atoms with E-state index in [1.807, 2.05) is 0 Å². The molecule has 4 saturated carbocycles. The van der Waals surface area contributed by atoms with Gasteiger partial charge in [0.05, 0.1) is 16.7 Å². The molecule has 0 spiro atoms. The number of nitrogens with zero attached hydrogens (tertiary/aromatic N) is 1. The Hall–Kier alpha value is -1.20. The number of hydrogen-bond donors (Lipinski definition) is 2. The summed E-state index contributed by atoms with van der Waals surface area (Å²) in [7, 11) is 0. The number of imide groups is 1. The Morgan fingerprint density at radius 2 is 1.47 bits per heavy atom. The minimum Gasteiger partial charge on any atom is -0.390 e. The highest BCUT2D eigenvalue weighted by Crippen LogP contribution is 2.61. The lowest BCUT2D eigenvalue weighted by molar-refractivity contribution is -0.230. The van der Waals surface area contributed by atoms with Crippen LogP contribution >= 0.6 is 0 Å². The molecular formula is C14H17NO4. The molecule has 1 aliphatic heterocycles. The van der Waals surface area contributed by atoms with Crippen LogP contribution in [-0.2, 0) is 9.59 Å². The average Bonchev–Trinajstić information content (AvgIpc) is 2.53. The summed E-state index contributed by atoms with van der Waals surface area (Å²) in [5.74, 6) is -0.411. The van der Waals surface area contributed by atoms with Gasteiger partial charge in [-0.15, -0.1) is 0 Å². The predicted octanol–water partition coefficient (Wildman–Crippen LogP) is 0.110. The zero-order chi connectivity index (χ0) is 13.5. The predicted molar refractivity (Wildman–Crippen MR) is 64.8 cm³/mol. The number of aliphatic hydroxyl groups is 2. The van der Waals surface area contributed by atoms with Crippen molar-refractivity contribution in [2.45, 2.75) is 55.3 Å². The van der Waals surface area contributed by atoms with Crippen molar-refractivity contribution >= 4 is 11.8 Å². The van der Waals surface area contributed by atoms with Gasteiger partial charge in [0.2, 0.25) is 0 Å². The van der Waals surface area contributed by atoms with Gasteiger partial charge >= 0.3 is 0 Å². The summed E-state index contributed by atoms with van der Waals surface area (Å²) in [5, 5.41) is 21.3. The van der Waals surface area contributed by atoms with Crippen LogP contribution in [0.2, 0.25) is 0 Å². The van der Waals surface area contributed by atoms with E-state index in [1.54, 1.807) is 0 Å². The number of carbonyl (C=O) groups is 2. The standard InChI is InChI=1S/C14H17NO4/c16-10-1-2-11(17)15(10)12-3-9-4-13(18,6-12)8-14(19,5-9)7-12/h1-2,9,18-19H,3-8H2. The topological polar surface area (TPSA) is 77.8 Å². The second-order valence-electron chi connectivity index (χ2n) is 7.03. The van der Waals surface area contributed by atoms with Crippen molar-refractivity contribution in [2.24, 2.45) is 5.92 Å². The van der Waals surface area contributed by atoms with E-state index in [0.29, 0.717) is 32.1 Å². The van der Waals surface area contributed by atoms with Crippen LogP contribution in [0.25, 0.3) is 0 Å². The van der Waals surface area contributed by atoms with Crippen molar-refractivity contribution in [1.82, 2.24) is 4.90 Å². The lowest BCUT2D eigenvalue weighted by atomic mass is 9.49. The van der Waals surface area contributed by atoms with E-state index in [0.717, 1.165) is 6.42 Å². The zero-order valence-corrected chi connectivity index (χ0v) is 10.6. The summed E-state index contributed by atoms with van der Waals surface area (Å²) < 4.78 is 0. The minimum atomic E-state index is -0.919. The highest BCUT2D eigenvalue weighted by Gasteiger charge is 2.66. The Morgan fingerprint density at radius 3 is 1.95 bits per heavy atom. The van der Waals surface area contributed by atoms with E-state index in [-0.39, 0.29) is 17.7 Å². The van der Waals surface area contributed by atoms with Crippen LogP contribution in [0, 0.1) is 5.92 Å². The largest absolute Gasteiger partial charge is 0.390 e. The molecule has 0 aromatic carbocycles. The molecule has 4 aliphatic carbocycles. The molecule has 2 atom stereocenters. The van der Waals surface area contributed by atoms with Gasteiger partial charge in [-0.25, -0.2) is 0 Å². The Balaban J connectivity index is 1.79. The summed E-state index contributed by atoms with van der Waals surface area (Å²) in [6.45, 7) is 0.